The summed E-state index contributed by atoms with van der Waals surface area (Å²) in [6, 6.07) is 15.1. The zero-order valence-corrected chi connectivity index (χ0v) is 30.7. The molecule has 3 aromatic rings. The molecule has 1 saturated heterocycles. The van der Waals surface area contributed by atoms with Crippen molar-refractivity contribution in [2.75, 3.05) is 20.3 Å². The first-order valence-electron chi connectivity index (χ1n) is 17.5. The second kappa shape index (κ2) is 16.2. The summed E-state index contributed by atoms with van der Waals surface area (Å²) in [5.74, 6) is -0.937. The van der Waals surface area contributed by atoms with Gasteiger partial charge in [0, 0.05) is 48.0 Å². The van der Waals surface area contributed by atoms with Crippen LogP contribution in [0.3, 0.4) is 0 Å². The van der Waals surface area contributed by atoms with E-state index in [0.717, 1.165) is 28.0 Å². The van der Waals surface area contributed by atoms with Crippen molar-refractivity contribution in [3.05, 3.63) is 100 Å². The summed E-state index contributed by atoms with van der Waals surface area (Å²) in [6.45, 7) is 14.5. The number of halogens is 2. The van der Waals surface area contributed by atoms with Gasteiger partial charge < -0.3 is 19.7 Å². The fourth-order valence-corrected chi connectivity index (χ4v) is 6.73. The Morgan fingerprint density at radius 1 is 0.860 bits per heavy atom. The summed E-state index contributed by atoms with van der Waals surface area (Å²) < 4.78 is 38.5. The molecule has 0 radical (unpaired) electrons. The van der Waals surface area contributed by atoms with Gasteiger partial charge in [-0.2, -0.15) is 0 Å². The van der Waals surface area contributed by atoms with Crippen molar-refractivity contribution in [1.82, 2.24) is 10.2 Å². The van der Waals surface area contributed by atoms with Gasteiger partial charge >= 0.3 is 5.97 Å². The van der Waals surface area contributed by atoms with Crippen molar-refractivity contribution >= 4 is 17.8 Å². The van der Waals surface area contributed by atoms with E-state index in [9.17, 15) is 23.2 Å². The Balaban J connectivity index is 1.46. The number of ether oxygens (including phenoxy) is 2. The van der Waals surface area contributed by atoms with Gasteiger partial charge in [0.25, 0.3) is 5.91 Å². The van der Waals surface area contributed by atoms with Gasteiger partial charge in [-0.1, -0.05) is 72.2 Å². The van der Waals surface area contributed by atoms with E-state index in [1.807, 2.05) is 12.1 Å². The largest absolute Gasteiger partial charge is 0.496 e. The minimum absolute atomic E-state index is 0.0745. The number of methoxy groups -OCH3 is 1. The number of carbonyl (C=O) groups excluding carboxylic acids is 3. The molecule has 4 rings (SSSR count). The van der Waals surface area contributed by atoms with E-state index < -0.39 is 18.1 Å². The molecular weight excluding hydrogens is 638 g/mol. The molecule has 2 amide bonds. The van der Waals surface area contributed by atoms with Gasteiger partial charge in [0.1, 0.15) is 23.4 Å². The van der Waals surface area contributed by atoms with Gasteiger partial charge in [-0.3, -0.25) is 9.59 Å². The van der Waals surface area contributed by atoms with Crippen LogP contribution in [0.25, 0.3) is 0 Å². The molecule has 9 heteroatoms. The number of hydrogen-bond acceptors (Lipinski definition) is 5. The van der Waals surface area contributed by atoms with Crippen molar-refractivity contribution in [2.24, 2.45) is 0 Å². The first kappa shape index (κ1) is 38.5. The number of nitrogens with one attached hydrogen (secondary N) is 1. The number of likely N-dealkylation sites (tertiary alicyclic amines) is 1. The molecule has 7 nitrogen and oxygen atoms in total. The second-order valence-corrected chi connectivity index (χ2v) is 15.2. The number of rotatable bonds is 12. The third-order valence-electron chi connectivity index (χ3n) is 9.33. The normalized spacial score (nSPS) is 16.4. The van der Waals surface area contributed by atoms with Crippen molar-refractivity contribution in [3.8, 4) is 5.75 Å². The highest BCUT2D eigenvalue weighted by Gasteiger charge is 2.42. The Bertz CT molecular complexity index is 1560. The standard InChI is InChI=1S/C41H52F2N2O5/c1-9-50-39(48)35-24-31(25-45(35)38(47)28-22-33(40(2,3)4)37(49-8)34(23-28)41(5,6)7)44-36(46)13-11-10-12-32(26-14-18-29(42)19-15-26)27-16-20-30(43)21-17-27/h14-23,31-32,35H,9-13,24-25H2,1-8H3,(H,44,46). The van der Waals surface area contributed by atoms with E-state index in [-0.39, 0.29) is 66.2 Å². The van der Waals surface area contributed by atoms with Crippen LogP contribution in [0.5, 0.6) is 5.75 Å². The molecule has 0 aliphatic carbocycles. The van der Waals surface area contributed by atoms with Crippen LogP contribution in [0, 0.1) is 11.6 Å². The van der Waals surface area contributed by atoms with Crippen LogP contribution in [0.1, 0.15) is 119 Å². The average molecular weight is 691 g/mol. The zero-order chi connectivity index (χ0) is 36.8. The predicted octanol–water partition coefficient (Wildman–Crippen LogP) is 8.22. The van der Waals surface area contributed by atoms with E-state index in [2.05, 4.69) is 46.9 Å². The molecule has 1 heterocycles. The minimum Gasteiger partial charge on any atom is -0.496 e. The lowest BCUT2D eigenvalue weighted by Crippen LogP contribution is -2.42. The van der Waals surface area contributed by atoms with Gasteiger partial charge in [0.2, 0.25) is 5.91 Å². The maximum absolute atomic E-state index is 14.2. The zero-order valence-electron chi connectivity index (χ0n) is 30.7. The molecule has 1 aliphatic heterocycles. The SMILES string of the molecule is CCOC(=O)C1CC(NC(=O)CCCCC(c2ccc(F)cc2)c2ccc(F)cc2)CN1C(=O)c1cc(C(C)(C)C)c(OC)c(C(C)(C)C)c1. The van der Waals surface area contributed by atoms with E-state index in [0.29, 0.717) is 24.8 Å². The Morgan fingerprint density at radius 3 is 1.84 bits per heavy atom. The van der Waals surface area contributed by atoms with Crippen molar-refractivity contribution in [3.63, 3.8) is 0 Å². The minimum atomic E-state index is -0.835. The second-order valence-electron chi connectivity index (χ2n) is 15.2. The predicted molar refractivity (Wildman–Crippen MR) is 192 cm³/mol. The molecule has 0 aromatic heterocycles. The lowest BCUT2D eigenvalue weighted by atomic mass is 9.78. The summed E-state index contributed by atoms with van der Waals surface area (Å²) in [5.41, 5.74) is 3.46. The van der Waals surface area contributed by atoms with Crippen LogP contribution in [-0.4, -0.2) is 55.0 Å². The van der Waals surface area contributed by atoms with Crippen LogP contribution in [0.4, 0.5) is 8.78 Å². The summed E-state index contributed by atoms with van der Waals surface area (Å²) in [5, 5.41) is 3.05. The molecule has 0 spiro atoms. The van der Waals surface area contributed by atoms with Gasteiger partial charge in [-0.25, -0.2) is 13.6 Å². The van der Waals surface area contributed by atoms with Crippen LogP contribution >= 0.6 is 0 Å². The summed E-state index contributed by atoms with van der Waals surface area (Å²) >= 11 is 0. The number of unbranched alkanes of at least 4 members (excludes halogenated alkanes) is 1. The van der Waals surface area contributed by atoms with Gasteiger partial charge in [0.05, 0.1) is 13.7 Å². The van der Waals surface area contributed by atoms with Crippen LogP contribution in [0.2, 0.25) is 0 Å². The first-order valence-corrected chi connectivity index (χ1v) is 17.5. The number of esters is 1. The van der Waals surface area contributed by atoms with E-state index in [1.165, 1.54) is 29.2 Å². The Labute approximate surface area is 295 Å². The van der Waals surface area contributed by atoms with Gasteiger partial charge in [-0.15, -0.1) is 0 Å². The number of hydrogen-bond donors (Lipinski definition) is 1. The highest BCUT2D eigenvalue weighted by atomic mass is 19.1. The topological polar surface area (TPSA) is 84.9 Å². The maximum atomic E-state index is 14.2. The number of nitrogens with zero attached hydrogens (tertiary/aromatic N) is 1. The van der Waals surface area contributed by atoms with Crippen LogP contribution in [-0.2, 0) is 25.2 Å². The van der Waals surface area contributed by atoms with Crippen LogP contribution in [0.15, 0.2) is 60.7 Å². The molecule has 1 fully saturated rings. The highest BCUT2D eigenvalue weighted by molar-refractivity contribution is 5.98. The van der Waals surface area contributed by atoms with E-state index in [1.54, 1.807) is 38.3 Å². The highest BCUT2D eigenvalue weighted by Crippen LogP contribution is 2.41. The molecular formula is C41H52F2N2O5. The van der Waals surface area contributed by atoms with Crippen molar-refractivity contribution in [2.45, 2.75) is 109 Å². The molecule has 3 aromatic carbocycles. The molecule has 1 aliphatic rings. The average Bonchev–Trinajstić information content (AvgIpc) is 3.48. The third kappa shape index (κ3) is 9.49. The smallest absolute Gasteiger partial charge is 0.328 e. The van der Waals surface area contributed by atoms with Crippen molar-refractivity contribution in [1.29, 1.82) is 0 Å². The molecule has 50 heavy (non-hydrogen) atoms. The fourth-order valence-electron chi connectivity index (χ4n) is 6.73. The molecule has 1 N–H and O–H groups in total. The molecule has 0 bridgehead atoms. The van der Waals surface area contributed by atoms with Crippen molar-refractivity contribution < 1.29 is 32.6 Å². The van der Waals surface area contributed by atoms with Crippen LogP contribution < -0.4 is 10.1 Å². The number of amides is 2. The quantitative estimate of drug-likeness (QED) is 0.153. The summed E-state index contributed by atoms with van der Waals surface area (Å²) in [6.07, 6.45) is 2.50. The third-order valence-corrected chi connectivity index (χ3v) is 9.33. The fraction of sp³-hybridized carbons (Fsp3) is 0.488. The maximum Gasteiger partial charge on any atom is 0.328 e. The Kier molecular flexibility index (Phi) is 12.5. The van der Waals surface area contributed by atoms with E-state index >= 15 is 0 Å². The Hall–Kier alpha value is -4.27. The van der Waals surface area contributed by atoms with E-state index in [4.69, 9.17) is 9.47 Å². The first-order chi connectivity index (χ1) is 23.5. The molecule has 2 atom stereocenters. The monoisotopic (exact) mass is 690 g/mol. The van der Waals surface area contributed by atoms with Gasteiger partial charge in [-0.05, 0) is 78.1 Å². The molecule has 2 unspecified atom stereocenters. The number of carbonyl (C=O) groups is 3. The lowest BCUT2D eigenvalue weighted by Gasteiger charge is -2.31. The van der Waals surface area contributed by atoms with Gasteiger partial charge in [0.15, 0.2) is 0 Å². The summed E-state index contributed by atoms with van der Waals surface area (Å²) in [4.78, 5) is 42.0. The lowest BCUT2D eigenvalue weighted by molar-refractivity contribution is -0.147. The number of benzene rings is 3. The Morgan fingerprint density at radius 2 is 1.38 bits per heavy atom. The summed E-state index contributed by atoms with van der Waals surface area (Å²) in [7, 11) is 1.64. The molecule has 0 saturated carbocycles. The molecule has 270 valence electrons.